The number of amides is 1. The predicted molar refractivity (Wildman–Crippen MR) is 123 cm³/mol. The van der Waals surface area contributed by atoms with E-state index in [1.807, 2.05) is 44.2 Å². The van der Waals surface area contributed by atoms with Gasteiger partial charge in [0, 0.05) is 27.9 Å². The van der Waals surface area contributed by atoms with E-state index in [9.17, 15) is 9.90 Å². The summed E-state index contributed by atoms with van der Waals surface area (Å²) in [6.45, 7) is 8.88. The molecule has 6 nitrogen and oxygen atoms in total. The number of benzene rings is 2. The second kappa shape index (κ2) is 9.98. The van der Waals surface area contributed by atoms with E-state index >= 15 is 0 Å². The second-order valence-corrected chi connectivity index (χ2v) is 8.49. The first-order chi connectivity index (χ1) is 14.8. The summed E-state index contributed by atoms with van der Waals surface area (Å²) in [7, 11) is 0. The van der Waals surface area contributed by atoms with Gasteiger partial charge in [-0.05, 0) is 49.6 Å². The van der Waals surface area contributed by atoms with Gasteiger partial charge in [-0.25, -0.2) is 0 Å². The number of nitrogens with zero attached hydrogens (tertiary/aromatic N) is 2. The summed E-state index contributed by atoms with van der Waals surface area (Å²) in [5.41, 5.74) is 3.76. The SMILES string of the molecule is Cc1ccc(CO)c(C(=O)Nc2cc(C)n(Cc3cc(Cl)ccc3OCC(C)C)n2)c1. The Hall–Kier alpha value is -2.83. The number of aliphatic hydroxyl groups excluding tert-OH is 1. The van der Waals surface area contributed by atoms with Crippen molar-refractivity contribution in [3.8, 4) is 5.75 Å². The van der Waals surface area contributed by atoms with Crippen molar-refractivity contribution in [2.45, 2.75) is 40.8 Å². The van der Waals surface area contributed by atoms with Crippen molar-refractivity contribution in [1.29, 1.82) is 0 Å². The van der Waals surface area contributed by atoms with E-state index in [0.717, 1.165) is 22.6 Å². The van der Waals surface area contributed by atoms with Crippen LogP contribution in [0.2, 0.25) is 5.02 Å². The van der Waals surface area contributed by atoms with E-state index in [4.69, 9.17) is 16.3 Å². The lowest BCUT2D eigenvalue weighted by Crippen LogP contribution is -2.15. The first kappa shape index (κ1) is 22.8. The molecule has 3 aromatic rings. The molecule has 0 saturated carbocycles. The molecule has 3 rings (SSSR count). The van der Waals surface area contributed by atoms with Gasteiger partial charge in [-0.15, -0.1) is 0 Å². The van der Waals surface area contributed by atoms with Crippen molar-refractivity contribution in [2.75, 3.05) is 11.9 Å². The average Bonchev–Trinajstić information content (AvgIpc) is 3.05. The molecule has 0 aliphatic carbocycles. The maximum absolute atomic E-state index is 12.8. The number of hydrogen-bond donors (Lipinski definition) is 2. The highest BCUT2D eigenvalue weighted by atomic mass is 35.5. The Morgan fingerprint density at radius 3 is 2.65 bits per heavy atom. The minimum atomic E-state index is -0.305. The number of aliphatic hydroxyl groups is 1. The third kappa shape index (κ3) is 5.87. The highest BCUT2D eigenvalue weighted by Gasteiger charge is 2.15. The van der Waals surface area contributed by atoms with Crippen molar-refractivity contribution in [1.82, 2.24) is 9.78 Å². The molecule has 7 heteroatoms. The molecule has 1 aromatic heterocycles. The lowest BCUT2D eigenvalue weighted by Gasteiger charge is -2.14. The monoisotopic (exact) mass is 441 g/mol. The van der Waals surface area contributed by atoms with Crippen molar-refractivity contribution < 1.29 is 14.6 Å². The molecule has 0 radical (unpaired) electrons. The van der Waals surface area contributed by atoms with Crippen LogP contribution >= 0.6 is 11.6 Å². The Morgan fingerprint density at radius 2 is 1.94 bits per heavy atom. The molecule has 0 atom stereocenters. The molecule has 2 N–H and O–H groups in total. The fourth-order valence-corrected chi connectivity index (χ4v) is 3.38. The molecule has 0 fully saturated rings. The number of aromatic nitrogens is 2. The van der Waals surface area contributed by atoms with Crippen LogP contribution < -0.4 is 10.1 Å². The molecule has 0 saturated heterocycles. The quantitative estimate of drug-likeness (QED) is 0.516. The molecule has 0 aliphatic rings. The first-order valence-corrected chi connectivity index (χ1v) is 10.6. The van der Waals surface area contributed by atoms with E-state index in [1.54, 1.807) is 16.8 Å². The lowest BCUT2D eigenvalue weighted by atomic mass is 10.0. The molecule has 2 aromatic carbocycles. The van der Waals surface area contributed by atoms with Gasteiger partial charge in [-0.2, -0.15) is 5.10 Å². The van der Waals surface area contributed by atoms with Crippen molar-refractivity contribution in [2.24, 2.45) is 5.92 Å². The molecular weight excluding hydrogens is 414 g/mol. The van der Waals surface area contributed by atoms with E-state index in [-0.39, 0.29) is 12.5 Å². The smallest absolute Gasteiger partial charge is 0.257 e. The lowest BCUT2D eigenvalue weighted by molar-refractivity contribution is 0.102. The van der Waals surface area contributed by atoms with Crippen LogP contribution in [0, 0.1) is 19.8 Å². The Labute approximate surface area is 187 Å². The van der Waals surface area contributed by atoms with Crippen molar-refractivity contribution in [3.63, 3.8) is 0 Å². The number of rotatable bonds is 8. The molecule has 164 valence electrons. The number of anilines is 1. The van der Waals surface area contributed by atoms with Crippen molar-refractivity contribution >= 4 is 23.3 Å². The summed E-state index contributed by atoms with van der Waals surface area (Å²) in [4.78, 5) is 12.8. The van der Waals surface area contributed by atoms with Gasteiger partial charge in [0.25, 0.3) is 5.91 Å². The van der Waals surface area contributed by atoms with E-state index in [0.29, 0.717) is 41.0 Å². The normalized spacial score (nSPS) is 11.1. The van der Waals surface area contributed by atoms with Crippen LogP contribution in [-0.4, -0.2) is 27.4 Å². The van der Waals surface area contributed by atoms with Crippen LogP contribution in [-0.2, 0) is 13.2 Å². The van der Waals surface area contributed by atoms with E-state index < -0.39 is 0 Å². The number of nitrogens with one attached hydrogen (secondary N) is 1. The predicted octanol–water partition coefficient (Wildman–Crippen LogP) is 4.98. The van der Waals surface area contributed by atoms with Gasteiger partial charge in [-0.3, -0.25) is 9.48 Å². The van der Waals surface area contributed by atoms with Crippen LogP contribution in [0.15, 0.2) is 42.5 Å². The minimum Gasteiger partial charge on any atom is -0.493 e. The second-order valence-electron chi connectivity index (χ2n) is 8.06. The summed E-state index contributed by atoms with van der Waals surface area (Å²) in [6.07, 6.45) is 0. The minimum absolute atomic E-state index is 0.204. The van der Waals surface area contributed by atoms with Gasteiger partial charge in [0.2, 0.25) is 0 Å². The van der Waals surface area contributed by atoms with Crippen LogP contribution in [0.5, 0.6) is 5.75 Å². The third-order valence-electron chi connectivity index (χ3n) is 4.82. The summed E-state index contributed by atoms with van der Waals surface area (Å²) >= 11 is 6.21. The van der Waals surface area contributed by atoms with Crippen LogP contribution in [0.1, 0.15) is 46.6 Å². The van der Waals surface area contributed by atoms with Gasteiger partial charge in [0.15, 0.2) is 5.82 Å². The summed E-state index contributed by atoms with van der Waals surface area (Å²) in [5, 5.41) is 17.5. The van der Waals surface area contributed by atoms with Gasteiger partial charge in [0.1, 0.15) is 5.75 Å². The highest BCUT2D eigenvalue weighted by molar-refractivity contribution is 6.30. The zero-order valence-corrected chi connectivity index (χ0v) is 19.0. The number of hydrogen-bond acceptors (Lipinski definition) is 4. The fourth-order valence-electron chi connectivity index (χ4n) is 3.18. The molecule has 31 heavy (non-hydrogen) atoms. The van der Waals surface area contributed by atoms with E-state index in [1.165, 1.54) is 0 Å². The Kier molecular flexibility index (Phi) is 7.36. The topological polar surface area (TPSA) is 76.4 Å². The highest BCUT2D eigenvalue weighted by Crippen LogP contribution is 2.25. The van der Waals surface area contributed by atoms with Gasteiger partial charge in [0.05, 0.1) is 19.8 Å². The molecule has 0 spiro atoms. The summed E-state index contributed by atoms with van der Waals surface area (Å²) < 4.78 is 7.74. The molecular formula is C24H28ClN3O3. The maximum Gasteiger partial charge on any atom is 0.257 e. The number of halogens is 1. The van der Waals surface area contributed by atoms with Gasteiger partial charge in [-0.1, -0.05) is 43.1 Å². The largest absolute Gasteiger partial charge is 0.493 e. The Bertz CT molecular complexity index is 1080. The third-order valence-corrected chi connectivity index (χ3v) is 5.05. The van der Waals surface area contributed by atoms with Crippen molar-refractivity contribution in [3.05, 3.63) is 75.4 Å². The molecule has 0 bridgehead atoms. The zero-order valence-electron chi connectivity index (χ0n) is 18.3. The standard InChI is InChI=1S/C24H28ClN3O3/c1-15(2)14-31-22-8-7-20(25)11-19(22)12-28-17(4)10-23(27-28)26-24(30)21-9-16(3)5-6-18(21)13-29/h5-11,15,29H,12-14H2,1-4H3,(H,26,27,30). The number of carbonyl (C=O) groups excluding carboxylic acids is 1. The molecule has 0 unspecified atom stereocenters. The Morgan fingerprint density at radius 1 is 1.16 bits per heavy atom. The van der Waals surface area contributed by atoms with E-state index in [2.05, 4.69) is 24.3 Å². The fraction of sp³-hybridized carbons (Fsp3) is 0.333. The summed E-state index contributed by atoms with van der Waals surface area (Å²) in [5.74, 6) is 1.31. The number of ether oxygens (including phenoxy) is 1. The molecule has 0 aliphatic heterocycles. The average molecular weight is 442 g/mol. The number of aryl methyl sites for hydroxylation is 2. The summed E-state index contributed by atoms with van der Waals surface area (Å²) in [6, 6.07) is 12.7. The molecule has 1 amide bonds. The maximum atomic E-state index is 12.8. The zero-order chi connectivity index (χ0) is 22.5. The Balaban J connectivity index is 1.80. The van der Waals surface area contributed by atoms with Gasteiger partial charge < -0.3 is 15.2 Å². The van der Waals surface area contributed by atoms with Crippen LogP contribution in [0.25, 0.3) is 0 Å². The van der Waals surface area contributed by atoms with Crippen LogP contribution in [0.4, 0.5) is 5.82 Å². The molecule has 1 heterocycles. The first-order valence-electron chi connectivity index (χ1n) is 10.2. The van der Waals surface area contributed by atoms with Crippen LogP contribution in [0.3, 0.4) is 0 Å². The number of carbonyl (C=O) groups is 1. The van der Waals surface area contributed by atoms with Gasteiger partial charge >= 0.3 is 0 Å².